The highest BCUT2D eigenvalue weighted by Gasteiger charge is 2.26. The van der Waals surface area contributed by atoms with E-state index >= 15 is 0 Å². The molecule has 4 heteroatoms. The molecule has 0 aliphatic rings. The monoisotopic (exact) mass is 280 g/mol. The van der Waals surface area contributed by atoms with Gasteiger partial charge in [0.05, 0.1) is 0 Å². The second kappa shape index (κ2) is 6.07. The number of benzene rings is 2. The lowest BCUT2D eigenvalue weighted by Crippen LogP contribution is -2.09. The van der Waals surface area contributed by atoms with E-state index in [2.05, 4.69) is 0 Å². The molecule has 2 aromatic rings. The molecule has 1 nitrogen and oxygen atoms in total. The lowest BCUT2D eigenvalue weighted by atomic mass is 9.99. The summed E-state index contributed by atoms with van der Waals surface area (Å²) >= 11 is 0. The first-order valence-electron chi connectivity index (χ1n) is 6.51. The predicted octanol–water partition coefficient (Wildman–Crippen LogP) is 4.68. The van der Waals surface area contributed by atoms with Gasteiger partial charge in [0, 0.05) is 19.3 Å². The highest BCUT2D eigenvalue weighted by Crippen LogP contribution is 2.23. The van der Waals surface area contributed by atoms with Gasteiger partial charge in [-0.3, -0.25) is 4.79 Å². The number of carbonyl (C=O) groups excluding carboxylic acids is 1. The number of rotatable bonds is 5. The summed E-state index contributed by atoms with van der Waals surface area (Å²) in [6, 6.07) is 13.3. The third-order valence-corrected chi connectivity index (χ3v) is 3.18. The minimum Gasteiger partial charge on any atom is -0.299 e. The van der Waals surface area contributed by atoms with Gasteiger partial charge in [0.1, 0.15) is 5.78 Å². The Bertz CT molecular complexity index is 597. The fourth-order valence-electron chi connectivity index (χ4n) is 2.23. The summed E-state index contributed by atoms with van der Waals surface area (Å²) < 4.78 is 36.1. The summed E-state index contributed by atoms with van der Waals surface area (Å²) in [5.41, 5.74) is 0.875. The molecule has 0 N–H and O–H groups in total. The molecule has 0 radical (unpaired) electrons. The van der Waals surface area contributed by atoms with Gasteiger partial charge >= 0.3 is 6.18 Å². The van der Waals surface area contributed by atoms with Gasteiger partial charge in [0.25, 0.3) is 0 Å². The Balaban J connectivity index is 2.00. The lowest BCUT2D eigenvalue weighted by molar-refractivity contribution is -0.137. The lowest BCUT2D eigenvalue weighted by Gasteiger charge is -2.07. The van der Waals surface area contributed by atoms with E-state index in [4.69, 9.17) is 0 Å². The van der Waals surface area contributed by atoms with E-state index in [0.717, 1.165) is 16.3 Å². The smallest absolute Gasteiger partial charge is 0.299 e. The van der Waals surface area contributed by atoms with Crippen LogP contribution in [-0.4, -0.2) is 12.0 Å². The van der Waals surface area contributed by atoms with E-state index < -0.39 is 12.6 Å². The van der Waals surface area contributed by atoms with Crippen LogP contribution in [0.5, 0.6) is 0 Å². The van der Waals surface area contributed by atoms with Crippen LogP contribution in [-0.2, 0) is 11.2 Å². The second-order valence-corrected chi connectivity index (χ2v) is 4.82. The average molecular weight is 280 g/mol. The Morgan fingerprint density at radius 3 is 2.45 bits per heavy atom. The van der Waals surface area contributed by atoms with Gasteiger partial charge in [-0.1, -0.05) is 42.5 Å². The number of halogens is 3. The molecule has 0 atom stereocenters. The van der Waals surface area contributed by atoms with Crippen LogP contribution in [0.15, 0.2) is 42.5 Å². The summed E-state index contributed by atoms with van der Waals surface area (Å²) in [5.74, 6) is -0.148. The highest BCUT2D eigenvalue weighted by molar-refractivity contribution is 5.90. The van der Waals surface area contributed by atoms with Gasteiger partial charge in [-0.2, -0.15) is 13.2 Å². The van der Waals surface area contributed by atoms with Gasteiger partial charge in [-0.15, -0.1) is 0 Å². The molecule has 0 aromatic heterocycles. The normalized spacial score (nSPS) is 11.8. The van der Waals surface area contributed by atoms with Crippen molar-refractivity contribution in [3.63, 3.8) is 0 Å². The number of alkyl halides is 3. The molecule has 0 spiro atoms. The topological polar surface area (TPSA) is 17.1 Å². The second-order valence-electron chi connectivity index (χ2n) is 4.82. The number of ketones is 1. The average Bonchev–Trinajstić information content (AvgIpc) is 2.37. The number of fused-ring (bicyclic) bond motifs is 1. The van der Waals surface area contributed by atoms with Crippen molar-refractivity contribution in [1.82, 2.24) is 0 Å². The van der Waals surface area contributed by atoms with Crippen LogP contribution in [0.4, 0.5) is 13.2 Å². The van der Waals surface area contributed by atoms with Gasteiger partial charge in [-0.25, -0.2) is 0 Å². The van der Waals surface area contributed by atoms with Crippen molar-refractivity contribution in [3.05, 3.63) is 48.0 Å². The predicted molar refractivity (Wildman–Crippen MR) is 72.6 cm³/mol. The minimum atomic E-state index is -4.18. The van der Waals surface area contributed by atoms with Crippen molar-refractivity contribution >= 4 is 16.6 Å². The Kier molecular flexibility index (Phi) is 4.42. The third-order valence-electron chi connectivity index (χ3n) is 3.18. The highest BCUT2D eigenvalue weighted by atomic mass is 19.4. The van der Waals surface area contributed by atoms with E-state index in [1.165, 1.54) is 0 Å². The van der Waals surface area contributed by atoms with E-state index in [0.29, 0.717) is 0 Å². The summed E-state index contributed by atoms with van der Waals surface area (Å²) in [6.45, 7) is 0. The molecule has 0 aliphatic heterocycles. The van der Waals surface area contributed by atoms with Crippen LogP contribution in [0.3, 0.4) is 0 Å². The molecule has 0 heterocycles. The Labute approximate surface area is 115 Å². The van der Waals surface area contributed by atoms with Crippen molar-refractivity contribution < 1.29 is 18.0 Å². The molecule has 0 aliphatic carbocycles. The molecule has 0 bridgehead atoms. The summed E-state index contributed by atoms with van der Waals surface area (Å²) in [6.07, 6.45) is -5.04. The van der Waals surface area contributed by atoms with Crippen LogP contribution in [0.1, 0.15) is 24.8 Å². The first-order chi connectivity index (χ1) is 9.46. The molecular weight excluding hydrogens is 265 g/mol. The van der Waals surface area contributed by atoms with Crippen LogP contribution >= 0.6 is 0 Å². The standard InChI is InChI=1S/C16H15F3O/c17-16(18,19)10-4-8-14(20)11-13-7-3-6-12-5-1-2-9-15(12)13/h1-3,5-7,9H,4,8,10-11H2. The van der Waals surface area contributed by atoms with Crippen LogP contribution < -0.4 is 0 Å². The molecule has 0 saturated heterocycles. The summed E-state index contributed by atoms with van der Waals surface area (Å²) in [5, 5.41) is 2.02. The van der Waals surface area contributed by atoms with Crippen LogP contribution in [0.2, 0.25) is 0 Å². The molecule has 106 valence electrons. The van der Waals surface area contributed by atoms with Crippen LogP contribution in [0.25, 0.3) is 10.8 Å². The molecular formula is C16H15F3O. The van der Waals surface area contributed by atoms with E-state index in [-0.39, 0.29) is 25.0 Å². The SMILES string of the molecule is O=C(CCCC(F)(F)F)Cc1cccc2ccccc12. The maximum Gasteiger partial charge on any atom is 0.389 e. The van der Waals surface area contributed by atoms with Crippen molar-refractivity contribution in [1.29, 1.82) is 0 Å². The fourth-order valence-corrected chi connectivity index (χ4v) is 2.23. The van der Waals surface area contributed by atoms with Crippen molar-refractivity contribution in [2.45, 2.75) is 31.9 Å². The zero-order valence-corrected chi connectivity index (χ0v) is 10.9. The van der Waals surface area contributed by atoms with Crippen molar-refractivity contribution in [2.24, 2.45) is 0 Å². The molecule has 2 rings (SSSR count). The number of hydrogen-bond donors (Lipinski definition) is 0. The Morgan fingerprint density at radius 2 is 1.70 bits per heavy atom. The number of Topliss-reactive ketones (excluding diaryl/α,β-unsaturated/α-hetero) is 1. The van der Waals surface area contributed by atoms with Gasteiger partial charge < -0.3 is 0 Å². The largest absolute Gasteiger partial charge is 0.389 e. The molecule has 2 aromatic carbocycles. The summed E-state index contributed by atoms with van der Waals surface area (Å²) in [4.78, 5) is 11.8. The van der Waals surface area contributed by atoms with Gasteiger partial charge in [-0.05, 0) is 22.8 Å². The first-order valence-corrected chi connectivity index (χ1v) is 6.51. The van der Waals surface area contributed by atoms with Gasteiger partial charge in [0.2, 0.25) is 0 Å². The minimum absolute atomic E-state index is 0.0251. The third kappa shape index (κ3) is 4.08. The Morgan fingerprint density at radius 1 is 1.00 bits per heavy atom. The number of hydrogen-bond acceptors (Lipinski definition) is 1. The molecule has 0 amide bonds. The quantitative estimate of drug-likeness (QED) is 0.777. The van der Waals surface area contributed by atoms with Crippen molar-refractivity contribution in [2.75, 3.05) is 0 Å². The fraction of sp³-hybridized carbons (Fsp3) is 0.312. The first kappa shape index (κ1) is 14.6. The Hall–Kier alpha value is -1.84. The molecule has 0 unspecified atom stereocenters. The molecule has 0 fully saturated rings. The molecule has 20 heavy (non-hydrogen) atoms. The number of carbonyl (C=O) groups is 1. The zero-order valence-electron chi connectivity index (χ0n) is 10.9. The van der Waals surface area contributed by atoms with E-state index in [1.54, 1.807) is 0 Å². The maximum atomic E-state index is 12.0. The maximum absolute atomic E-state index is 12.0. The summed E-state index contributed by atoms with van der Waals surface area (Å²) in [7, 11) is 0. The van der Waals surface area contributed by atoms with E-state index in [1.807, 2.05) is 42.5 Å². The molecule has 0 saturated carbocycles. The van der Waals surface area contributed by atoms with Crippen molar-refractivity contribution in [3.8, 4) is 0 Å². The van der Waals surface area contributed by atoms with E-state index in [9.17, 15) is 18.0 Å². The zero-order chi connectivity index (χ0) is 14.6. The van der Waals surface area contributed by atoms with Crippen LogP contribution in [0, 0.1) is 0 Å². The van der Waals surface area contributed by atoms with Gasteiger partial charge in [0.15, 0.2) is 0 Å².